The highest BCUT2D eigenvalue weighted by atomic mass is 32.2. The predicted molar refractivity (Wildman–Crippen MR) is 83.5 cm³/mol. The van der Waals surface area contributed by atoms with Crippen LogP contribution in [-0.2, 0) is 6.42 Å². The van der Waals surface area contributed by atoms with Gasteiger partial charge in [0, 0.05) is 17.4 Å². The van der Waals surface area contributed by atoms with E-state index in [1.807, 2.05) is 17.8 Å². The van der Waals surface area contributed by atoms with Gasteiger partial charge >= 0.3 is 0 Å². The lowest BCUT2D eigenvalue weighted by atomic mass is 10.0. The van der Waals surface area contributed by atoms with Crippen molar-refractivity contribution in [2.45, 2.75) is 55.9 Å². The Balaban J connectivity index is 1.89. The zero-order valence-electron chi connectivity index (χ0n) is 12.0. The molecule has 0 atom stereocenters. The lowest BCUT2D eigenvalue weighted by molar-refractivity contribution is 0.515. The fourth-order valence-electron chi connectivity index (χ4n) is 2.77. The molecule has 0 N–H and O–H groups in total. The summed E-state index contributed by atoms with van der Waals surface area (Å²) in [6.07, 6.45) is 7.65. The summed E-state index contributed by atoms with van der Waals surface area (Å²) in [7, 11) is 0. The summed E-state index contributed by atoms with van der Waals surface area (Å²) in [6, 6.07) is 10.5. The Hall–Kier alpha value is -1.29. The minimum atomic E-state index is 0.708. The van der Waals surface area contributed by atoms with E-state index >= 15 is 0 Å². The van der Waals surface area contributed by atoms with E-state index in [1.165, 1.54) is 37.8 Å². The second kappa shape index (κ2) is 6.44. The van der Waals surface area contributed by atoms with Crippen LogP contribution in [0.4, 0.5) is 0 Å². The van der Waals surface area contributed by atoms with Gasteiger partial charge in [-0.2, -0.15) is 0 Å². The molecule has 2 aromatic rings. The first-order valence-electron chi connectivity index (χ1n) is 7.55. The monoisotopic (exact) mass is 287 g/mol. The van der Waals surface area contributed by atoms with Gasteiger partial charge in [0.2, 0.25) is 0 Å². The normalized spacial score (nSPS) is 16.4. The SMILES string of the molecule is CCc1nnc(SC2CCCCC2)n1-c1ccccc1. The number of benzene rings is 1. The fraction of sp³-hybridized carbons (Fsp3) is 0.500. The maximum Gasteiger partial charge on any atom is 0.196 e. The number of aryl methyl sites for hydroxylation is 1. The molecule has 1 aliphatic carbocycles. The molecule has 0 amide bonds. The van der Waals surface area contributed by atoms with Crippen LogP contribution in [0.3, 0.4) is 0 Å². The van der Waals surface area contributed by atoms with Crippen LogP contribution in [0.15, 0.2) is 35.5 Å². The third-order valence-electron chi connectivity index (χ3n) is 3.86. The lowest BCUT2D eigenvalue weighted by Crippen LogP contribution is -2.10. The Morgan fingerprint density at radius 2 is 1.85 bits per heavy atom. The van der Waals surface area contributed by atoms with Crippen LogP contribution < -0.4 is 0 Å². The third-order valence-corrected chi connectivity index (χ3v) is 5.14. The van der Waals surface area contributed by atoms with Crippen molar-refractivity contribution in [3.05, 3.63) is 36.2 Å². The maximum atomic E-state index is 4.43. The first-order chi connectivity index (χ1) is 9.88. The molecule has 1 saturated carbocycles. The molecule has 0 radical (unpaired) electrons. The number of hydrogen-bond acceptors (Lipinski definition) is 3. The molecule has 0 saturated heterocycles. The van der Waals surface area contributed by atoms with Crippen molar-refractivity contribution in [1.29, 1.82) is 0 Å². The summed E-state index contributed by atoms with van der Waals surface area (Å²) >= 11 is 1.91. The molecule has 1 fully saturated rings. The molecule has 0 aliphatic heterocycles. The van der Waals surface area contributed by atoms with Gasteiger partial charge in [-0.3, -0.25) is 4.57 Å². The number of thioether (sulfide) groups is 1. The summed E-state index contributed by atoms with van der Waals surface area (Å²) < 4.78 is 2.22. The summed E-state index contributed by atoms with van der Waals surface area (Å²) in [5, 5.41) is 10.6. The number of para-hydroxylation sites is 1. The fourth-order valence-corrected chi connectivity index (χ4v) is 4.05. The molecule has 20 heavy (non-hydrogen) atoms. The Morgan fingerprint density at radius 1 is 1.10 bits per heavy atom. The molecule has 1 aromatic heterocycles. The molecule has 1 aliphatic rings. The second-order valence-electron chi connectivity index (χ2n) is 5.30. The van der Waals surface area contributed by atoms with Gasteiger partial charge in [-0.1, -0.05) is 56.1 Å². The molecule has 0 bridgehead atoms. The average Bonchev–Trinajstić information content (AvgIpc) is 2.92. The van der Waals surface area contributed by atoms with Gasteiger partial charge in [0.1, 0.15) is 5.82 Å². The standard InChI is InChI=1S/C16H21N3S/c1-2-15-17-18-16(20-14-11-7-4-8-12-14)19(15)13-9-5-3-6-10-13/h3,5-6,9-10,14H,2,4,7-8,11-12H2,1H3. The van der Waals surface area contributed by atoms with Gasteiger partial charge in [0.05, 0.1) is 0 Å². The minimum Gasteiger partial charge on any atom is -0.274 e. The Morgan fingerprint density at radius 3 is 2.55 bits per heavy atom. The van der Waals surface area contributed by atoms with Crippen molar-refractivity contribution in [2.75, 3.05) is 0 Å². The van der Waals surface area contributed by atoms with E-state index < -0.39 is 0 Å². The highest BCUT2D eigenvalue weighted by molar-refractivity contribution is 7.99. The van der Waals surface area contributed by atoms with Gasteiger partial charge in [-0.25, -0.2) is 0 Å². The minimum absolute atomic E-state index is 0.708. The van der Waals surface area contributed by atoms with Crippen molar-refractivity contribution >= 4 is 11.8 Å². The van der Waals surface area contributed by atoms with Crippen molar-refractivity contribution < 1.29 is 0 Å². The average molecular weight is 287 g/mol. The van der Waals surface area contributed by atoms with E-state index in [1.54, 1.807) is 0 Å². The Bertz CT molecular complexity index is 544. The lowest BCUT2D eigenvalue weighted by Gasteiger charge is -2.20. The first kappa shape index (κ1) is 13.7. The molecule has 3 nitrogen and oxygen atoms in total. The molecular weight excluding hydrogens is 266 g/mol. The van der Waals surface area contributed by atoms with Crippen molar-refractivity contribution in [1.82, 2.24) is 14.8 Å². The second-order valence-corrected chi connectivity index (χ2v) is 6.57. The topological polar surface area (TPSA) is 30.7 Å². The first-order valence-corrected chi connectivity index (χ1v) is 8.43. The van der Waals surface area contributed by atoms with Crippen LogP contribution >= 0.6 is 11.8 Å². The molecule has 0 unspecified atom stereocenters. The summed E-state index contributed by atoms with van der Waals surface area (Å²) in [4.78, 5) is 0. The summed E-state index contributed by atoms with van der Waals surface area (Å²) in [6.45, 7) is 2.14. The van der Waals surface area contributed by atoms with Crippen LogP contribution in [0, 0.1) is 0 Å². The van der Waals surface area contributed by atoms with Crippen LogP contribution in [0.2, 0.25) is 0 Å². The number of aromatic nitrogens is 3. The summed E-state index contributed by atoms with van der Waals surface area (Å²) in [5.74, 6) is 1.05. The number of rotatable bonds is 4. The van der Waals surface area contributed by atoms with Gasteiger partial charge in [0.15, 0.2) is 5.16 Å². The van der Waals surface area contributed by atoms with Crippen LogP contribution in [0.1, 0.15) is 44.9 Å². The number of nitrogens with zero attached hydrogens (tertiary/aromatic N) is 3. The summed E-state index contributed by atoms with van der Waals surface area (Å²) in [5.41, 5.74) is 1.17. The molecule has 3 rings (SSSR count). The molecular formula is C16H21N3S. The van der Waals surface area contributed by atoms with Gasteiger partial charge in [0.25, 0.3) is 0 Å². The van der Waals surface area contributed by atoms with Gasteiger partial charge < -0.3 is 0 Å². The quantitative estimate of drug-likeness (QED) is 0.842. The highest BCUT2D eigenvalue weighted by Crippen LogP contribution is 2.34. The predicted octanol–water partition coefficient (Wildman–Crippen LogP) is 4.25. The van der Waals surface area contributed by atoms with Crippen LogP contribution in [-0.4, -0.2) is 20.0 Å². The zero-order valence-corrected chi connectivity index (χ0v) is 12.8. The molecule has 1 aromatic carbocycles. The largest absolute Gasteiger partial charge is 0.274 e. The van der Waals surface area contributed by atoms with E-state index in [0.29, 0.717) is 5.25 Å². The van der Waals surface area contributed by atoms with Crippen molar-refractivity contribution in [3.63, 3.8) is 0 Å². The molecule has 1 heterocycles. The number of hydrogen-bond donors (Lipinski definition) is 0. The third kappa shape index (κ3) is 2.90. The van der Waals surface area contributed by atoms with E-state index in [0.717, 1.165) is 17.4 Å². The Labute approximate surface area is 124 Å². The Kier molecular flexibility index (Phi) is 4.41. The molecule has 0 spiro atoms. The van der Waals surface area contributed by atoms with Crippen molar-refractivity contribution in [3.8, 4) is 5.69 Å². The van der Waals surface area contributed by atoms with Gasteiger partial charge in [-0.15, -0.1) is 10.2 Å². The molecule has 106 valence electrons. The van der Waals surface area contributed by atoms with Gasteiger partial charge in [-0.05, 0) is 25.0 Å². The van der Waals surface area contributed by atoms with E-state index in [9.17, 15) is 0 Å². The smallest absolute Gasteiger partial charge is 0.196 e. The van der Waals surface area contributed by atoms with E-state index in [4.69, 9.17) is 0 Å². The van der Waals surface area contributed by atoms with Crippen LogP contribution in [0.25, 0.3) is 5.69 Å². The van der Waals surface area contributed by atoms with E-state index in [2.05, 4.69) is 46.0 Å². The zero-order chi connectivity index (χ0) is 13.8. The van der Waals surface area contributed by atoms with Crippen LogP contribution in [0.5, 0.6) is 0 Å². The van der Waals surface area contributed by atoms with E-state index in [-0.39, 0.29) is 0 Å². The molecule has 4 heteroatoms. The van der Waals surface area contributed by atoms with Crippen molar-refractivity contribution in [2.24, 2.45) is 0 Å². The maximum absolute atomic E-state index is 4.43. The highest BCUT2D eigenvalue weighted by Gasteiger charge is 2.20.